The molecule has 2 atom stereocenters. The van der Waals surface area contributed by atoms with Gasteiger partial charge in [0.25, 0.3) is 10.1 Å². The molecule has 0 aliphatic carbocycles. The van der Waals surface area contributed by atoms with Gasteiger partial charge in [0.2, 0.25) is 5.36 Å². The highest BCUT2D eigenvalue weighted by Gasteiger charge is 2.41. The Balaban J connectivity index is 1.63. The molecule has 2 N–H and O–H groups in total. The summed E-state index contributed by atoms with van der Waals surface area (Å²) in [5.74, 6) is 0.0159. The Hall–Kier alpha value is -2.98. The number of aliphatic carboxylic acids is 1. The van der Waals surface area contributed by atoms with Crippen molar-refractivity contribution in [3.05, 3.63) is 46.1 Å². The van der Waals surface area contributed by atoms with Crippen LogP contribution in [0.5, 0.6) is 11.5 Å². The molecule has 5 rings (SSSR count). The molecule has 0 amide bonds. The molecule has 0 saturated carbocycles. The number of hydrogen-bond acceptors (Lipinski definition) is 6. The number of ether oxygens (including phenoxy) is 1. The van der Waals surface area contributed by atoms with Crippen LogP contribution in [0, 0.1) is 0 Å². The van der Waals surface area contributed by atoms with Gasteiger partial charge in [0.15, 0.2) is 17.0 Å². The zero-order chi connectivity index (χ0) is 28.5. The first-order chi connectivity index (χ1) is 18.1. The molecule has 0 bridgehead atoms. The number of rotatable bonds is 6. The van der Waals surface area contributed by atoms with E-state index in [1.807, 2.05) is 25.2 Å². The average molecular weight is 557 g/mol. The van der Waals surface area contributed by atoms with Crippen molar-refractivity contribution >= 4 is 27.5 Å². The minimum atomic E-state index is -4.16. The summed E-state index contributed by atoms with van der Waals surface area (Å²) in [4.78, 5) is 18.4. The number of carboxylic acid groups (broad SMARTS) is 1. The molecule has 2 aromatic rings. The summed E-state index contributed by atoms with van der Waals surface area (Å²) in [5.41, 5.74) is 3.29. The number of nitrogens with zero attached hydrogens (tertiary/aromatic N) is 3. The molecule has 210 valence electrons. The summed E-state index contributed by atoms with van der Waals surface area (Å²) in [6.07, 6.45) is 2.17. The lowest BCUT2D eigenvalue weighted by atomic mass is 9.79. The summed E-state index contributed by atoms with van der Waals surface area (Å²) in [5, 5.41) is 10.7. The minimum absolute atomic E-state index is 0.120. The van der Waals surface area contributed by atoms with E-state index in [0.717, 1.165) is 28.6 Å². The first kappa shape index (κ1) is 27.6. The van der Waals surface area contributed by atoms with Gasteiger partial charge < -0.3 is 14.7 Å². The minimum Gasteiger partial charge on any atom is -0.481 e. The van der Waals surface area contributed by atoms with Crippen molar-refractivity contribution in [2.45, 2.75) is 83.2 Å². The van der Waals surface area contributed by atoms with Crippen LogP contribution in [-0.2, 0) is 14.9 Å². The van der Waals surface area contributed by atoms with E-state index < -0.39 is 16.1 Å². The maximum atomic E-state index is 11.9. The molecule has 2 unspecified atom stereocenters. The van der Waals surface area contributed by atoms with E-state index in [0.29, 0.717) is 41.9 Å². The van der Waals surface area contributed by atoms with Crippen LogP contribution in [0.4, 0.5) is 11.4 Å². The molecule has 2 aromatic carbocycles. The van der Waals surface area contributed by atoms with E-state index in [-0.39, 0.29) is 35.1 Å². The van der Waals surface area contributed by atoms with Crippen LogP contribution >= 0.6 is 0 Å². The summed E-state index contributed by atoms with van der Waals surface area (Å²) >= 11 is 0. The van der Waals surface area contributed by atoms with E-state index in [1.54, 1.807) is 0 Å². The number of carboxylic acids is 1. The molecule has 3 aliphatic heterocycles. The molecule has 39 heavy (non-hydrogen) atoms. The quantitative estimate of drug-likeness (QED) is 0.348. The van der Waals surface area contributed by atoms with Crippen molar-refractivity contribution in [3.8, 4) is 11.5 Å². The molecular formula is C29H38N3O6S+. The van der Waals surface area contributed by atoms with Crippen molar-refractivity contribution in [2.75, 3.05) is 24.2 Å². The Labute approximate surface area is 229 Å². The van der Waals surface area contributed by atoms with Gasteiger partial charge in [-0.2, -0.15) is 8.42 Å². The Morgan fingerprint density at radius 3 is 2.51 bits per heavy atom. The Kier molecular flexibility index (Phi) is 6.58. The smallest absolute Gasteiger partial charge is 0.303 e. The Bertz CT molecular complexity index is 1600. The molecule has 0 saturated heterocycles. The molecular weight excluding hydrogens is 518 g/mol. The number of benzene rings is 2. The van der Waals surface area contributed by atoms with Crippen LogP contribution in [0.25, 0.3) is 0 Å². The molecule has 0 fully saturated rings. The highest BCUT2D eigenvalue weighted by molar-refractivity contribution is 7.85. The third kappa shape index (κ3) is 5.16. The third-order valence-electron chi connectivity index (χ3n) is 8.67. The van der Waals surface area contributed by atoms with Crippen LogP contribution in [0.3, 0.4) is 0 Å². The predicted molar refractivity (Wildman–Crippen MR) is 150 cm³/mol. The van der Waals surface area contributed by atoms with Gasteiger partial charge in [-0.15, -0.1) is 0 Å². The highest BCUT2D eigenvalue weighted by Crippen LogP contribution is 2.49. The third-order valence-corrected chi connectivity index (χ3v) is 9.50. The molecule has 9 nitrogen and oxygen atoms in total. The maximum Gasteiger partial charge on any atom is 0.303 e. The average Bonchev–Trinajstić information content (AvgIpc) is 2.80. The first-order valence-electron chi connectivity index (χ1n) is 13.5. The predicted octanol–water partition coefficient (Wildman–Crippen LogP) is 3.98. The molecule has 0 radical (unpaired) electrons. The Morgan fingerprint density at radius 1 is 1.13 bits per heavy atom. The fourth-order valence-corrected chi connectivity index (χ4v) is 7.47. The van der Waals surface area contributed by atoms with E-state index in [1.165, 1.54) is 0 Å². The van der Waals surface area contributed by atoms with Crippen LogP contribution < -0.4 is 24.9 Å². The number of fused-ring (bicyclic) bond motifs is 4. The van der Waals surface area contributed by atoms with Crippen LogP contribution in [0.1, 0.15) is 83.3 Å². The topological polar surface area (TPSA) is 120 Å². The normalized spacial score (nSPS) is 22.5. The van der Waals surface area contributed by atoms with Gasteiger partial charge in [0.1, 0.15) is 18.1 Å². The molecule has 10 heteroatoms. The Morgan fingerprint density at radius 2 is 1.85 bits per heavy atom. The second kappa shape index (κ2) is 9.30. The fourth-order valence-electron chi connectivity index (χ4n) is 6.67. The lowest BCUT2D eigenvalue weighted by Gasteiger charge is -2.48. The second-order valence-corrected chi connectivity index (χ2v) is 14.1. The van der Waals surface area contributed by atoms with Gasteiger partial charge in [-0.1, -0.05) is 6.92 Å². The van der Waals surface area contributed by atoms with E-state index in [9.17, 15) is 22.9 Å². The van der Waals surface area contributed by atoms with Gasteiger partial charge in [0.05, 0.1) is 11.8 Å². The number of hydrogen-bond donors (Lipinski definition) is 2. The van der Waals surface area contributed by atoms with Crippen molar-refractivity contribution in [3.63, 3.8) is 0 Å². The summed E-state index contributed by atoms with van der Waals surface area (Å²) in [6, 6.07) is 7.93. The maximum absolute atomic E-state index is 11.9. The van der Waals surface area contributed by atoms with E-state index in [4.69, 9.17) is 9.73 Å². The second-order valence-electron chi connectivity index (χ2n) is 12.6. The van der Waals surface area contributed by atoms with Crippen molar-refractivity contribution in [1.29, 1.82) is 0 Å². The standard InChI is InChI=1S/C29H37N3O6S/c1-17-14-29(4,5)32(9-7-8-27(33)34)24-13-26-21(10-19(17)24)30-22-11-20-18(16-39(35,36)37)15-28(2,3)31(6)23(20)12-25(22)38-26/h10-13,17-18H,7-9,14-16H2,1-6H3,(H-,33,34,35,36,37)/p+1. The summed E-state index contributed by atoms with van der Waals surface area (Å²) in [6.45, 7) is 11.3. The number of carbonyl (C=O) groups is 1. The molecule has 3 aliphatic rings. The van der Waals surface area contributed by atoms with Gasteiger partial charge >= 0.3 is 5.97 Å². The van der Waals surface area contributed by atoms with Gasteiger partial charge in [0, 0.05) is 48.2 Å². The van der Waals surface area contributed by atoms with Crippen LogP contribution in [-0.4, -0.2) is 54.5 Å². The van der Waals surface area contributed by atoms with Crippen LogP contribution in [0.15, 0.2) is 29.3 Å². The first-order valence-corrected chi connectivity index (χ1v) is 15.1. The van der Waals surface area contributed by atoms with Crippen molar-refractivity contribution in [1.82, 2.24) is 4.58 Å². The van der Waals surface area contributed by atoms with Gasteiger partial charge in [-0.05, 0) is 64.2 Å². The van der Waals surface area contributed by atoms with Crippen molar-refractivity contribution < 1.29 is 27.6 Å². The zero-order valence-electron chi connectivity index (χ0n) is 23.5. The van der Waals surface area contributed by atoms with Crippen LogP contribution in [0.2, 0.25) is 0 Å². The zero-order valence-corrected chi connectivity index (χ0v) is 24.3. The highest BCUT2D eigenvalue weighted by atomic mass is 32.2. The fraction of sp³-hybridized carbons (Fsp3) is 0.552. The van der Waals surface area contributed by atoms with Gasteiger partial charge in [-0.25, -0.2) is 9.57 Å². The summed E-state index contributed by atoms with van der Waals surface area (Å²) in [7, 11) is -2.18. The monoisotopic (exact) mass is 556 g/mol. The van der Waals surface area contributed by atoms with Gasteiger partial charge in [-0.3, -0.25) is 9.35 Å². The lowest BCUT2D eigenvalue weighted by Crippen LogP contribution is -2.51. The molecule has 0 spiro atoms. The van der Waals surface area contributed by atoms with E-state index >= 15 is 0 Å². The SMILES string of the molecule is CC1CC(C)(C)N(CCCC(=O)O)c2cc3c(cc21)N=c1cc2c(cc1O3)=[N+](C)C(C)(C)CC2CS(=O)(=O)O. The van der Waals surface area contributed by atoms with Crippen molar-refractivity contribution in [2.24, 2.45) is 4.99 Å². The molecule has 3 heterocycles. The lowest BCUT2D eigenvalue weighted by molar-refractivity contribution is -0.137. The largest absolute Gasteiger partial charge is 0.481 e. The molecule has 0 aromatic heterocycles. The van der Waals surface area contributed by atoms with E-state index in [2.05, 4.69) is 50.2 Å². The summed E-state index contributed by atoms with van der Waals surface area (Å²) < 4.78 is 41.9. The number of anilines is 1.